The topological polar surface area (TPSA) is 81.0 Å². The van der Waals surface area contributed by atoms with Crippen molar-refractivity contribution in [1.29, 1.82) is 0 Å². The number of rotatable bonds is 4. The molecule has 0 radical (unpaired) electrons. The highest BCUT2D eigenvalue weighted by Crippen LogP contribution is 2.30. The maximum atomic E-state index is 13.2. The van der Waals surface area contributed by atoms with Crippen molar-refractivity contribution < 1.29 is 4.79 Å². The van der Waals surface area contributed by atoms with Gasteiger partial charge in [0.1, 0.15) is 12.1 Å². The molecule has 1 saturated carbocycles. The summed E-state index contributed by atoms with van der Waals surface area (Å²) in [5.74, 6) is 1.29. The number of aromatic nitrogens is 4. The molecule has 1 aliphatic heterocycles. The molecule has 1 unspecified atom stereocenters. The van der Waals surface area contributed by atoms with Gasteiger partial charge in [-0.15, -0.1) is 0 Å². The normalized spacial score (nSPS) is 21.0. The third-order valence-corrected chi connectivity index (χ3v) is 6.32. The van der Waals surface area contributed by atoms with Crippen LogP contribution in [0.2, 0.25) is 0 Å². The molecule has 4 rings (SSSR count). The van der Waals surface area contributed by atoms with Crippen molar-refractivity contribution in [3.63, 3.8) is 0 Å². The van der Waals surface area contributed by atoms with E-state index in [1.165, 1.54) is 38.1 Å². The molecule has 3 heterocycles. The van der Waals surface area contributed by atoms with Crippen LogP contribution in [0.3, 0.4) is 0 Å². The van der Waals surface area contributed by atoms with Crippen LogP contribution < -0.4 is 10.5 Å². The lowest BCUT2D eigenvalue weighted by atomic mass is 9.83. The fraction of sp³-hybridized carbons (Fsp3) is 0.591. The molecule has 0 spiro atoms. The van der Waals surface area contributed by atoms with E-state index >= 15 is 0 Å². The van der Waals surface area contributed by atoms with E-state index in [1.54, 1.807) is 23.9 Å². The highest BCUT2D eigenvalue weighted by molar-refractivity contribution is 5.84. The summed E-state index contributed by atoms with van der Waals surface area (Å²) >= 11 is 0. The van der Waals surface area contributed by atoms with Crippen LogP contribution in [0, 0.1) is 11.8 Å². The standard InChI is InChI=1S/C22H29N5O2/c1-26-20(28)13-19(18-10-11-23-15-24-18)25-22(26)27-12-6-9-17(14-27)21(29)16-7-4-2-3-5-8-16/h10-11,13,15-17H,2-9,12,14H2,1H3. The van der Waals surface area contributed by atoms with Crippen LogP contribution in [-0.2, 0) is 11.8 Å². The molecule has 154 valence electrons. The van der Waals surface area contributed by atoms with Gasteiger partial charge in [0, 0.05) is 44.2 Å². The highest BCUT2D eigenvalue weighted by Gasteiger charge is 2.32. The Morgan fingerprint density at radius 2 is 1.79 bits per heavy atom. The first-order valence-electron chi connectivity index (χ1n) is 10.8. The van der Waals surface area contributed by atoms with Gasteiger partial charge in [0.25, 0.3) is 5.56 Å². The minimum atomic E-state index is -0.124. The van der Waals surface area contributed by atoms with Gasteiger partial charge in [-0.25, -0.2) is 15.0 Å². The average molecular weight is 396 g/mol. The number of nitrogens with zero attached hydrogens (tertiary/aromatic N) is 5. The van der Waals surface area contributed by atoms with Crippen molar-refractivity contribution in [1.82, 2.24) is 19.5 Å². The van der Waals surface area contributed by atoms with Crippen LogP contribution >= 0.6 is 0 Å². The number of anilines is 1. The molecule has 2 aromatic rings. The van der Waals surface area contributed by atoms with E-state index < -0.39 is 0 Å². The largest absolute Gasteiger partial charge is 0.341 e. The molecule has 7 nitrogen and oxygen atoms in total. The maximum Gasteiger partial charge on any atom is 0.255 e. The zero-order chi connectivity index (χ0) is 20.2. The van der Waals surface area contributed by atoms with Crippen LogP contribution in [0.4, 0.5) is 5.95 Å². The summed E-state index contributed by atoms with van der Waals surface area (Å²) in [7, 11) is 1.74. The summed E-state index contributed by atoms with van der Waals surface area (Å²) in [5.41, 5.74) is 1.05. The monoisotopic (exact) mass is 395 g/mol. The second-order valence-corrected chi connectivity index (χ2v) is 8.31. The van der Waals surface area contributed by atoms with Gasteiger partial charge in [-0.2, -0.15) is 0 Å². The van der Waals surface area contributed by atoms with Gasteiger partial charge in [-0.3, -0.25) is 14.2 Å². The number of hydrogen-bond acceptors (Lipinski definition) is 6. The van der Waals surface area contributed by atoms with E-state index in [4.69, 9.17) is 4.98 Å². The first kappa shape index (κ1) is 19.7. The van der Waals surface area contributed by atoms with Gasteiger partial charge in [-0.1, -0.05) is 25.7 Å². The molecule has 2 fully saturated rings. The van der Waals surface area contributed by atoms with Gasteiger partial charge >= 0.3 is 0 Å². The Balaban J connectivity index is 1.57. The van der Waals surface area contributed by atoms with Crippen molar-refractivity contribution in [3.05, 3.63) is 35.0 Å². The molecule has 0 aromatic carbocycles. The molecule has 0 N–H and O–H groups in total. The minimum absolute atomic E-state index is 0.0338. The summed E-state index contributed by atoms with van der Waals surface area (Å²) in [6.45, 7) is 1.45. The van der Waals surface area contributed by atoms with Crippen molar-refractivity contribution in [2.45, 2.75) is 51.4 Å². The van der Waals surface area contributed by atoms with Crippen LogP contribution in [0.1, 0.15) is 51.4 Å². The van der Waals surface area contributed by atoms with E-state index in [2.05, 4.69) is 14.9 Å². The van der Waals surface area contributed by atoms with Gasteiger partial charge < -0.3 is 4.90 Å². The molecule has 2 aromatic heterocycles. The van der Waals surface area contributed by atoms with Crippen molar-refractivity contribution in [2.24, 2.45) is 18.9 Å². The molecule has 1 atom stereocenters. The van der Waals surface area contributed by atoms with Gasteiger partial charge in [-0.05, 0) is 31.7 Å². The molecular weight excluding hydrogens is 366 g/mol. The summed E-state index contributed by atoms with van der Waals surface area (Å²) in [5, 5.41) is 0. The predicted molar refractivity (Wildman–Crippen MR) is 112 cm³/mol. The van der Waals surface area contributed by atoms with Crippen LogP contribution in [0.15, 0.2) is 29.5 Å². The lowest BCUT2D eigenvalue weighted by Crippen LogP contribution is -2.43. The smallest absolute Gasteiger partial charge is 0.255 e. The lowest BCUT2D eigenvalue weighted by molar-refractivity contribution is -0.127. The Labute approximate surface area is 171 Å². The van der Waals surface area contributed by atoms with E-state index in [-0.39, 0.29) is 17.4 Å². The molecule has 0 bridgehead atoms. The first-order chi connectivity index (χ1) is 14.1. The second kappa shape index (κ2) is 8.84. The Kier molecular flexibility index (Phi) is 6.02. The maximum absolute atomic E-state index is 13.2. The molecule has 0 amide bonds. The number of carbonyl (C=O) groups is 1. The molecule has 1 saturated heterocycles. The van der Waals surface area contributed by atoms with E-state index in [0.717, 1.165) is 32.2 Å². The Bertz CT molecular complexity index is 903. The number of ketones is 1. The lowest BCUT2D eigenvalue weighted by Gasteiger charge is -2.35. The van der Waals surface area contributed by atoms with E-state index in [9.17, 15) is 9.59 Å². The van der Waals surface area contributed by atoms with Gasteiger partial charge in [0.2, 0.25) is 5.95 Å². The summed E-state index contributed by atoms with van der Waals surface area (Å²) in [6, 6.07) is 3.25. The Morgan fingerprint density at radius 3 is 2.52 bits per heavy atom. The fourth-order valence-corrected chi connectivity index (χ4v) is 4.67. The van der Waals surface area contributed by atoms with Crippen molar-refractivity contribution >= 4 is 11.7 Å². The molecule has 2 aliphatic rings. The number of Topliss-reactive ketones (excluding diaryl/α,β-unsaturated/α-hetero) is 1. The number of carbonyl (C=O) groups excluding carboxylic acids is 1. The SMILES string of the molecule is Cn1c(N2CCCC(C(=O)C3CCCCCC3)C2)nc(-c2ccncn2)cc1=O. The number of piperidine rings is 1. The van der Waals surface area contributed by atoms with Crippen molar-refractivity contribution in [3.8, 4) is 11.4 Å². The third kappa shape index (κ3) is 4.38. The predicted octanol–water partition coefficient (Wildman–Crippen LogP) is 2.99. The Hall–Kier alpha value is -2.57. The zero-order valence-electron chi connectivity index (χ0n) is 17.1. The molecular formula is C22H29N5O2. The minimum Gasteiger partial charge on any atom is -0.341 e. The van der Waals surface area contributed by atoms with Gasteiger partial charge in [0.05, 0.1) is 11.4 Å². The van der Waals surface area contributed by atoms with Crippen LogP contribution in [0.5, 0.6) is 0 Å². The Morgan fingerprint density at radius 1 is 1.03 bits per heavy atom. The van der Waals surface area contributed by atoms with Crippen LogP contribution in [-0.4, -0.2) is 38.4 Å². The van der Waals surface area contributed by atoms with Crippen LogP contribution in [0.25, 0.3) is 11.4 Å². The van der Waals surface area contributed by atoms with E-state index in [1.807, 2.05) is 0 Å². The first-order valence-corrected chi connectivity index (χ1v) is 10.8. The van der Waals surface area contributed by atoms with E-state index in [0.29, 0.717) is 29.7 Å². The highest BCUT2D eigenvalue weighted by atomic mass is 16.1. The van der Waals surface area contributed by atoms with Crippen molar-refractivity contribution in [2.75, 3.05) is 18.0 Å². The van der Waals surface area contributed by atoms with Gasteiger partial charge in [0.15, 0.2) is 0 Å². The summed E-state index contributed by atoms with van der Waals surface area (Å²) in [4.78, 5) is 40.8. The summed E-state index contributed by atoms with van der Waals surface area (Å²) < 4.78 is 1.57. The molecule has 7 heteroatoms. The number of hydrogen-bond donors (Lipinski definition) is 0. The fourth-order valence-electron chi connectivity index (χ4n) is 4.67. The average Bonchev–Trinajstić information content (AvgIpc) is 3.05. The summed E-state index contributed by atoms with van der Waals surface area (Å²) in [6.07, 6.45) is 11.9. The zero-order valence-corrected chi connectivity index (χ0v) is 17.1. The third-order valence-electron chi connectivity index (χ3n) is 6.32. The molecule has 1 aliphatic carbocycles. The second-order valence-electron chi connectivity index (χ2n) is 8.31. The quantitative estimate of drug-likeness (QED) is 0.741. The molecule has 29 heavy (non-hydrogen) atoms.